The van der Waals surface area contributed by atoms with Crippen molar-refractivity contribution in [2.75, 3.05) is 7.11 Å². The van der Waals surface area contributed by atoms with E-state index >= 15 is 0 Å². The number of ether oxygens (including phenoxy) is 1. The number of rotatable bonds is 7. The standard InChI is InChI=1S/C28H44O2/c1-18(2)19(3)9-10-20(4)23-12-13-24-21(8-7-15-27(23,24)5)16-26(30-6)28-17-22(28)11-14-25(28)29/h9-10,16,18-20,22-24,26H,7-8,11-15,17H2,1-6H3/b10-9+,21-16+/t19-,20+,22?,23+,24-,26?,27+,28?/m0/s1. The molecule has 0 radical (unpaired) electrons. The molecule has 0 spiro atoms. The van der Waals surface area contributed by atoms with Crippen LogP contribution in [0.15, 0.2) is 23.8 Å². The van der Waals surface area contributed by atoms with Gasteiger partial charge in [0.15, 0.2) is 0 Å². The molecular formula is C28H44O2. The zero-order valence-electron chi connectivity index (χ0n) is 20.2. The zero-order chi connectivity index (χ0) is 21.7. The van der Waals surface area contributed by atoms with Gasteiger partial charge in [-0.05, 0) is 85.9 Å². The summed E-state index contributed by atoms with van der Waals surface area (Å²) in [5, 5.41) is 0. The van der Waals surface area contributed by atoms with E-state index in [1.807, 2.05) is 7.11 Å². The fraction of sp³-hybridized carbons (Fsp3) is 0.821. The van der Waals surface area contributed by atoms with Crippen LogP contribution in [0.25, 0.3) is 0 Å². The molecule has 4 aliphatic rings. The minimum atomic E-state index is -0.156. The van der Waals surface area contributed by atoms with Crippen LogP contribution in [0.4, 0.5) is 0 Å². The van der Waals surface area contributed by atoms with E-state index in [1.54, 1.807) is 5.57 Å². The van der Waals surface area contributed by atoms with Gasteiger partial charge in [0, 0.05) is 13.5 Å². The second-order valence-corrected chi connectivity index (χ2v) is 11.7. The normalized spacial score (nSPS) is 42.6. The lowest BCUT2D eigenvalue weighted by molar-refractivity contribution is -0.126. The molecular weight excluding hydrogens is 368 g/mol. The van der Waals surface area contributed by atoms with Gasteiger partial charge in [0.25, 0.3) is 0 Å². The van der Waals surface area contributed by atoms with E-state index < -0.39 is 0 Å². The molecule has 30 heavy (non-hydrogen) atoms. The van der Waals surface area contributed by atoms with Crippen LogP contribution < -0.4 is 0 Å². The monoisotopic (exact) mass is 412 g/mol. The van der Waals surface area contributed by atoms with E-state index in [9.17, 15) is 4.79 Å². The Morgan fingerprint density at radius 1 is 1.07 bits per heavy atom. The van der Waals surface area contributed by atoms with Crippen molar-refractivity contribution in [3.05, 3.63) is 23.8 Å². The zero-order valence-corrected chi connectivity index (χ0v) is 20.2. The molecule has 4 rings (SSSR count). The van der Waals surface area contributed by atoms with Crippen LogP contribution in [0.1, 0.15) is 86.0 Å². The molecule has 4 saturated carbocycles. The van der Waals surface area contributed by atoms with Crippen LogP contribution in [0.2, 0.25) is 0 Å². The predicted molar refractivity (Wildman–Crippen MR) is 124 cm³/mol. The van der Waals surface area contributed by atoms with Crippen LogP contribution >= 0.6 is 0 Å². The lowest BCUT2D eigenvalue weighted by Crippen LogP contribution is -2.37. The lowest BCUT2D eigenvalue weighted by atomic mass is 9.61. The molecule has 0 aromatic rings. The first kappa shape index (κ1) is 22.3. The van der Waals surface area contributed by atoms with E-state index in [0.717, 1.165) is 25.2 Å². The third-order valence-electron chi connectivity index (χ3n) is 9.96. The molecule has 4 aliphatic carbocycles. The fourth-order valence-corrected chi connectivity index (χ4v) is 7.57. The van der Waals surface area contributed by atoms with Crippen molar-refractivity contribution < 1.29 is 9.53 Å². The highest BCUT2D eigenvalue weighted by Crippen LogP contribution is 2.65. The Morgan fingerprint density at radius 3 is 2.43 bits per heavy atom. The Kier molecular flexibility index (Phi) is 6.12. The van der Waals surface area contributed by atoms with Gasteiger partial charge in [0.05, 0.1) is 11.5 Å². The second-order valence-electron chi connectivity index (χ2n) is 11.7. The van der Waals surface area contributed by atoms with Gasteiger partial charge in [-0.2, -0.15) is 0 Å². The largest absolute Gasteiger partial charge is 0.376 e. The van der Waals surface area contributed by atoms with Crippen molar-refractivity contribution in [3.63, 3.8) is 0 Å². The summed E-state index contributed by atoms with van der Waals surface area (Å²) in [5.41, 5.74) is 1.86. The number of ketones is 1. The fourth-order valence-electron chi connectivity index (χ4n) is 7.57. The highest BCUT2D eigenvalue weighted by Gasteiger charge is 2.67. The molecule has 0 heterocycles. The molecule has 8 atom stereocenters. The van der Waals surface area contributed by atoms with E-state index in [4.69, 9.17) is 4.74 Å². The summed E-state index contributed by atoms with van der Waals surface area (Å²) in [7, 11) is 1.82. The van der Waals surface area contributed by atoms with Gasteiger partial charge >= 0.3 is 0 Å². The first-order valence-electron chi connectivity index (χ1n) is 12.7. The van der Waals surface area contributed by atoms with Gasteiger partial charge in [0.2, 0.25) is 0 Å². The predicted octanol–water partition coefficient (Wildman–Crippen LogP) is 7.00. The first-order chi connectivity index (χ1) is 14.2. The van der Waals surface area contributed by atoms with Crippen molar-refractivity contribution in [2.45, 2.75) is 92.1 Å². The molecule has 168 valence electrons. The van der Waals surface area contributed by atoms with Gasteiger partial charge in [-0.15, -0.1) is 0 Å². The molecule has 4 fully saturated rings. The van der Waals surface area contributed by atoms with E-state index in [2.05, 4.69) is 52.8 Å². The number of hydrogen-bond acceptors (Lipinski definition) is 2. The molecule has 0 aromatic carbocycles. The lowest BCUT2D eigenvalue weighted by Gasteiger charge is -2.44. The number of carbonyl (C=O) groups excluding carboxylic acids is 1. The van der Waals surface area contributed by atoms with E-state index in [1.165, 1.54) is 32.1 Å². The molecule has 0 N–H and O–H groups in total. The van der Waals surface area contributed by atoms with Crippen LogP contribution in [-0.4, -0.2) is 19.0 Å². The third kappa shape index (κ3) is 3.55. The van der Waals surface area contributed by atoms with Crippen molar-refractivity contribution in [1.29, 1.82) is 0 Å². The highest BCUT2D eigenvalue weighted by molar-refractivity contribution is 5.91. The summed E-state index contributed by atoms with van der Waals surface area (Å²) in [5.74, 6) is 4.50. The van der Waals surface area contributed by atoms with E-state index in [-0.39, 0.29) is 11.5 Å². The Labute approximate surface area is 184 Å². The average molecular weight is 413 g/mol. The van der Waals surface area contributed by atoms with Crippen molar-refractivity contribution in [3.8, 4) is 0 Å². The molecule has 2 heteroatoms. The van der Waals surface area contributed by atoms with Crippen LogP contribution in [0.5, 0.6) is 0 Å². The maximum atomic E-state index is 12.7. The number of hydrogen-bond donors (Lipinski definition) is 0. The average Bonchev–Trinajstić information content (AvgIpc) is 3.21. The summed E-state index contributed by atoms with van der Waals surface area (Å²) in [6.45, 7) is 12.0. The Bertz CT molecular complexity index is 718. The van der Waals surface area contributed by atoms with Gasteiger partial charge in [-0.3, -0.25) is 4.79 Å². The Hall–Kier alpha value is -0.890. The SMILES string of the molecule is COC(/C=C1\CCC[C@]2(C)[C@@H]([C@H](C)/C=C/[C@H](C)C(C)C)CC[C@@H]12)C12CC1CCC2=O. The Balaban J connectivity index is 1.52. The molecule has 0 aliphatic heterocycles. The van der Waals surface area contributed by atoms with Crippen molar-refractivity contribution >= 4 is 5.78 Å². The molecule has 0 aromatic heterocycles. The summed E-state index contributed by atoms with van der Waals surface area (Å²) in [6, 6.07) is 0. The number of fused-ring (bicyclic) bond motifs is 2. The van der Waals surface area contributed by atoms with Gasteiger partial charge < -0.3 is 4.74 Å². The summed E-state index contributed by atoms with van der Waals surface area (Å²) in [4.78, 5) is 12.7. The number of Topliss-reactive ketones (excluding diaryl/α,β-unsaturated/α-hetero) is 1. The van der Waals surface area contributed by atoms with Gasteiger partial charge in [0.1, 0.15) is 5.78 Å². The molecule has 0 saturated heterocycles. The quantitative estimate of drug-likeness (QED) is 0.421. The van der Waals surface area contributed by atoms with Crippen LogP contribution in [0, 0.1) is 46.3 Å². The van der Waals surface area contributed by atoms with Gasteiger partial charge in [-0.25, -0.2) is 0 Å². The summed E-state index contributed by atoms with van der Waals surface area (Å²) in [6.07, 6.45) is 16.8. The van der Waals surface area contributed by atoms with Crippen molar-refractivity contribution in [2.24, 2.45) is 46.3 Å². The number of allylic oxidation sites excluding steroid dienone is 3. The summed E-state index contributed by atoms with van der Waals surface area (Å²) < 4.78 is 5.99. The van der Waals surface area contributed by atoms with Crippen LogP contribution in [0.3, 0.4) is 0 Å². The minimum absolute atomic E-state index is 0.0121. The summed E-state index contributed by atoms with van der Waals surface area (Å²) >= 11 is 0. The maximum absolute atomic E-state index is 12.7. The number of carbonyl (C=O) groups is 1. The van der Waals surface area contributed by atoms with E-state index in [0.29, 0.717) is 40.8 Å². The smallest absolute Gasteiger partial charge is 0.142 e. The molecule has 0 bridgehead atoms. The van der Waals surface area contributed by atoms with Crippen molar-refractivity contribution in [1.82, 2.24) is 0 Å². The number of methoxy groups -OCH3 is 1. The molecule has 3 unspecified atom stereocenters. The van der Waals surface area contributed by atoms with Gasteiger partial charge in [-0.1, -0.05) is 58.4 Å². The highest BCUT2D eigenvalue weighted by atomic mass is 16.5. The third-order valence-corrected chi connectivity index (χ3v) is 9.96. The second kappa shape index (κ2) is 8.23. The maximum Gasteiger partial charge on any atom is 0.142 e. The Morgan fingerprint density at radius 2 is 1.83 bits per heavy atom. The van der Waals surface area contributed by atoms with Crippen LogP contribution in [-0.2, 0) is 9.53 Å². The molecule has 2 nitrogen and oxygen atoms in total. The topological polar surface area (TPSA) is 26.3 Å². The molecule has 0 amide bonds. The minimum Gasteiger partial charge on any atom is -0.376 e. The first-order valence-corrected chi connectivity index (χ1v) is 12.7.